The predicted octanol–water partition coefficient (Wildman–Crippen LogP) is 4.03. The molecule has 152 valence electrons. The molecule has 30 heavy (non-hydrogen) atoms. The van der Waals surface area contributed by atoms with E-state index in [4.69, 9.17) is 10.5 Å². The molecule has 4 rings (SSSR count). The summed E-state index contributed by atoms with van der Waals surface area (Å²) in [5.74, 6) is 0.668. The van der Waals surface area contributed by atoms with Gasteiger partial charge in [0.1, 0.15) is 5.75 Å². The van der Waals surface area contributed by atoms with Crippen LogP contribution in [-0.4, -0.2) is 25.8 Å². The first-order chi connectivity index (χ1) is 14.6. The van der Waals surface area contributed by atoms with E-state index in [-0.39, 0.29) is 11.9 Å². The van der Waals surface area contributed by atoms with Gasteiger partial charge in [-0.05, 0) is 47.9 Å². The van der Waals surface area contributed by atoms with Crippen molar-refractivity contribution in [3.63, 3.8) is 0 Å². The molecule has 5 nitrogen and oxygen atoms in total. The number of benzene rings is 3. The van der Waals surface area contributed by atoms with Crippen LogP contribution in [0.3, 0.4) is 0 Å². The van der Waals surface area contributed by atoms with Crippen molar-refractivity contribution in [1.82, 2.24) is 5.32 Å². The number of methoxy groups -OCH3 is 1. The normalized spacial score (nSPS) is 13.0. The number of hydrogen-bond acceptors (Lipinski definition) is 4. The summed E-state index contributed by atoms with van der Waals surface area (Å²) in [6.45, 7) is 2.99. The first-order valence-electron chi connectivity index (χ1n) is 9.97. The Bertz CT molecular complexity index is 1120. The van der Waals surface area contributed by atoms with Crippen molar-refractivity contribution in [3.8, 4) is 16.9 Å². The summed E-state index contributed by atoms with van der Waals surface area (Å²) in [5, 5.41) is 3.06. The summed E-state index contributed by atoms with van der Waals surface area (Å²) in [6.07, 6.45) is 1.87. The van der Waals surface area contributed by atoms with Crippen LogP contribution in [0.5, 0.6) is 5.75 Å². The van der Waals surface area contributed by atoms with Gasteiger partial charge in [-0.25, -0.2) is 0 Å². The number of nitrogens with zero attached hydrogens (tertiary/aromatic N) is 1. The van der Waals surface area contributed by atoms with Gasteiger partial charge in [0.05, 0.1) is 19.7 Å². The average Bonchev–Trinajstić information content (AvgIpc) is 3.25. The van der Waals surface area contributed by atoms with Crippen LogP contribution in [0.4, 0.5) is 0 Å². The Morgan fingerprint density at radius 1 is 1.13 bits per heavy atom. The second-order valence-corrected chi connectivity index (χ2v) is 7.47. The molecule has 1 unspecified atom stereocenters. The number of carbonyl (C=O) groups excluding carboxylic acids is 1. The van der Waals surface area contributed by atoms with Crippen LogP contribution < -0.4 is 15.8 Å². The highest BCUT2D eigenvalue weighted by atomic mass is 16.5. The molecule has 1 aliphatic heterocycles. The molecule has 0 saturated carbocycles. The van der Waals surface area contributed by atoms with Gasteiger partial charge in [0, 0.05) is 29.4 Å². The Labute approximate surface area is 176 Å². The number of hydrogen-bond donors (Lipinski definition) is 2. The largest absolute Gasteiger partial charge is 0.496 e. The molecule has 0 bridgehead atoms. The lowest BCUT2D eigenvalue weighted by Gasteiger charge is -2.18. The molecule has 1 heterocycles. The number of ether oxygens (including phenoxy) is 1. The number of rotatable bonds is 6. The fourth-order valence-electron chi connectivity index (χ4n) is 3.78. The van der Waals surface area contributed by atoms with Crippen LogP contribution in [0.1, 0.15) is 38.7 Å². The third-order valence-corrected chi connectivity index (χ3v) is 5.39. The molecular formula is C25H25N3O2. The molecule has 0 aromatic heterocycles. The first-order valence-corrected chi connectivity index (χ1v) is 9.97. The lowest BCUT2D eigenvalue weighted by Crippen LogP contribution is -2.33. The number of carbonyl (C=O) groups is 1. The standard InChI is InChI=1S/C25H25N3O2/c1-16-5-3-7-18(9-16)23(13-26)28-25(29)19-8-4-6-17(10-19)20-11-21-14-27-15-22(21)24(12-20)30-2/h3-12,14,23H,13,15,26H2,1-2H3,(H,28,29). The maximum absolute atomic E-state index is 13.0. The monoisotopic (exact) mass is 399 g/mol. The summed E-state index contributed by atoms with van der Waals surface area (Å²) < 4.78 is 5.55. The molecule has 1 atom stereocenters. The molecule has 1 amide bonds. The summed E-state index contributed by atoms with van der Waals surface area (Å²) in [7, 11) is 1.67. The van der Waals surface area contributed by atoms with Gasteiger partial charge in [0.25, 0.3) is 5.91 Å². The van der Waals surface area contributed by atoms with Crippen LogP contribution in [0, 0.1) is 6.92 Å². The molecule has 0 saturated heterocycles. The van der Waals surface area contributed by atoms with Crippen LogP contribution >= 0.6 is 0 Å². The maximum atomic E-state index is 13.0. The van der Waals surface area contributed by atoms with E-state index in [2.05, 4.69) is 16.4 Å². The zero-order valence-corrected chi connectivity index (χ0v) is 17.2. The van der Waals surface area contributed by atoms with Crippen molar-refractivity contribution in [2.45, 2.75) is 19.5 Å². The molecule has 0 spiro atoms. The van der Waals surface area contributed by atoms with Crippen molar-refractivity contribution < 1.29 is 9.53 Å². The van der Waals surface area contributed by atoms with Crippen LogP contribution in [0.2, 0.25) is 0 Å². The topological polar surface area (TPSA) is 76.7 Å². The number of aliphatic imine (C=N–C) groups is 1. The molecule has 5 heteroatoms. The van der Waals surface area contributed by atoms with Gasteiger partial charge in [-0.15, -0.1) is 0 Å². The predicted molar refractivity (Wildman–Crippen MR) is 120 cm³/mol. The quantitative estimate of drug-likeness (QED) is 0.657. The molecule has 0 fully saturated rings. The van der Waals surface area contributed by atoms with Gasteiger partial charge in [-0.1, -0.05) is 42.0 Å². The van der Waals surface area contributed by atoms with E-state index in [0.29, 0.717) is 18.7 Å². The van der Waals surface area contributed by atoms with Crippen molar-refractivity contribution in [3.05, 3.63) is 88.5 Å². The highest BCUT2D eigenvalue weighted by Crippen LogP contribution is 2.33. The van der Waals surface area contributed by atoms with Gasteiger partial charge in [-0.3, -0.25) is 9.79 Å². The molecule has 3 N–H and O–H groups in total. The molecule has 3 aromatic rings. The first kappa shape index (κ1) is 19.9. The highest BCUT2D eigenvalue weighted by Gasteiger charge is 2.17. The van der Waals surface area contributed by atoms with Crippen molar-refractivity contribution in [2.75, 3.05) is 13.7 Å². The Morgan fingerprint density at radius 2 is 1.97 bits per heavy atom. The second kappa shape index (κ2) is 8.51. The molecule has 0 radical (unpaired) electrons. The van der Waals surface area contributed by atoms with Crippen LogP contribution in [0.15, 0.2) is 65.7 Å². The summed E-state index contributed by atoms with van der Waals surface area (Å²) in [5.41, 5.74) is 12.8. The number of fused-ring (bicyclic) bond motifs is 1. The minimum atomic E-state index is -0.239. The van der Waals surface area contributed by atoms with Gasteiger partial charge in [0.2, 0.25) is 0 Å². The van der Waals surface area contributed by atoms with E-state index in [1.807, 2.05) is 67.7 Å². The number of nitrogens with one attached hydrogen (secondary N) is 1. The Hall–Kier alpha value is -3.44. The number of nitrogens with two attached hydrogens (primary N) is 1. The van der Waals surface area contributed by atoms with E-state index in [1.165, 1.54) is 0 Å². The van der Waals surface area contributed by atoms with Gasteiger partial charge >= 0.3 is 0 Å². The third-order valence-electron chi connectivity index (χ3n) is 5.39. The molecular weight excluding hydrogens is 374 g/mol. The zero-order chi connectivity index (χ0) is 21.1. The number of amides is 1. The van der Waals surface area contributed by atoms with E-state index in [1.54, 1.807) is 7.11 Å². The van der Waals surface area contributed by atoms with E-state index >= 15 is 0 Å². The Morgan fingerprint density at radius 3 is 2.73 bits per heavy atom. The molecule has 0 aliphatic carbocycles. The number of aryl methyl sites for hydroxylation is 1. The minimum absolute atomic E-state index is 0.150. The van der Waals surface area contributed by atoms with Crippen molar-refractivity contribution in [2.24, 2.45) is 10.7 Å². The van der Waals surface area contributed by atoms with E-state index in [0.717, 1.165) is 39.1 Å². The molecule has 3 aromatic carbocycles. The summed E-state index contributed by atoms with van der Waals surface area (Å²) in [6, 6.07) is 19.5. The third kappa shape index (κ3) is 3.98. The van der Waals surface area contributed by atoms with Gasteiger partial charge < -0.3 is 15.8 Å². The van der Waals surface area contributed by atoms with Crippen LogP contribution in [-0.2, 0) is 6.54 Å². The minimum Gasteiger partial charge on any atom is -0.496 e. The maximum Gasteiger partial charge on any atom is 0.251 e. The average molecular weight is 399 g/mol. The highest BCUT2D eigenvalue weighted by molar-refractivity contribution is 5.96. The smallest absolute Gasteiger partial charge is 0.251 e. The SMILES string of the molecule is COc1cc(-c2cccc(C(=O)NC(CN)c3cccc(C)c3)c2)cc2c1CN=C2. The van der Waals surface area contributed by atoms with E-state index < -0.39 is 0 Å². The van der Waals surface area contributed by atoms with E-state index in [9.17, 15) is 4.79 Å². The van der Waals surface area contributed by atoms with Gasteiger partial charge in [0.15, 0.2) is 0 Å². The fraction of sp³-hybridized carbons (Fsp3) is 0.200. The summed E-state index contributed by atoms with van der Waals surface area (Å²) >= 11 is 0. The fourth-order valence-corrected chi connectivity index (χ4v) is 3.78. The van der Waals surface area contributed by atoms with Crippen molar-refractivity contribution in [1.29, 1.82) is 0 Å². The lowest BCUT2D eigenvalue weighted by molar-refractivity contribution is 0.0938. The Balaban J connectivity index is 1.60. The zero-order valence-electron chi connectivity index (χ0n) is 17.2. The van der Waals surface area contributed by atoms with Crippen LogP contribution in [0.25, 0.3) is 11.1 Å². The lowest BCUT2D eigenvalue weighted by atomic mass is 9.97. The Kier molecular flexibility index (Phi) is 5.63. The summed E-state index contributed by atoms with van der Waals surface area (Å²) in [4.78, 5) is 17.3. The second-order valence-electron chi connectivity index (χ2n) is 7.47. The van der Waals surface area contributed by atoms with Gasteiger partial charge in [-0.2, -0.15) is 0 Å². The van der Waals surface area contributed by atoms with Crippen molar-refractivity contribution >= 4 is 12.1 Å². The molecule has 1 aliphatic rings.